The van der Waals surface area contributed by atoms with Gasteiger partial charge in [-0.1, -0.05) is 36.4 Å². The van der Waals surface area contributed by atoms with Crippen LogP contribution in [0.1, 0.15) is 16.7 Å². The molecule has 0 bridgehead atoms. The molecule has 0 aliphatic carbocycles. The number of anilines is 1. The third kappa shape index (κ3) is 6.26. The van der Waals surface area contributed by atoms with E-state index >= 15 is 0 Å². The normalized spacial score (nSPS) is 13.9. The van der Waals surface area contributed by atoms with Gasteiger partial charge in [0.25, 0.3) is 0 Å². The molecule has 1 fully saturated rings. The Kier molecular flexibility index (Phi) is 7.47. The number of carbonyl (C=O) groups excluding carboxylic acids is 1. The van der Waals surface area contributed by atoms with Crippen LogP contribution in [0.3, 0.4) is 0 Å². The second-order valence-corrected chi connectivity index (χ2v) is 8.29. The Balaban J connectivity index is 1.54. The van der Waals surface area contributed by atoms with Gasteiger partial charge in [-0.15, -0.1) is 0 Å². The van der Waals surface area contributed by atoms with Gasteiger partial charge in [0.1, 0.15) is 11.5 Å². The molecule has 172 valence electrons. The van der Waals surface area contributed by atoms with Crippen LogP contribution in [0.5, 0.6) is 11.5 Å². The number of nitrogens with one attached hydrogen (secondary N) is 1. The summed E-state index contributed by atoms with van der Waals surface area (Å²) >= 11 is 0. The highest BCUT2D eigenvalue weighted by molar-refractivity contribution is 5.78. The summed E-state index contributed by atoms with van der Waals surface area (Å²) in [5.41, 5.74) is 4.71. The number of nitrogens with zero attached hydrogens (tertiary/aromatic N) is 2. The minimum Gasteiger partial charge on any atom is -0.497 e. The maximum absolute atomic E-state index is 11.7. The predicted molar refractivity (Wildman–Crippen MR) is 131 cm³/mol. The molecule has 0 spiro atoms. The van der Waals surface area contributed by atoms with Crippen molar-refractivity contribution in [3.8, 4) is 11.5 Å². The Hall–Kier alpha value is -3.51. The Bertz CT molecular complexity index is 1020. The van der Waals surface area contributed by atoms with Gasteiger partial charge < -0.3 is 19.7 Å². The number of hydrogen-bond acceptors (Lipinski definition) is 5. The fourth-order valence-corrected chi connectivity index (χ4v) is 4.12. The molecular weight excluding hydrogens is 414 g/mol. The average Bonchev–Trinajstić information content (AvgIpc) is 2.84. The van der Waals surface area contributed by atoms with Gasteiger partial charge >= 0.3 is 0 Å². The third-order valence-electron chi connectivity index (χ3n) is 5.84. The van der Waals surface area contributed by atoms with Crippen molar-refractivity contribution in [3.05, 3.63) is 89.5 Å². The number of piperazine rings is 1. The highest BCUT2D eigenvalue weighted by Gasteiger charge is 2.16. The Morgan fingerprint density at radius 2 is 1.45 bits per heavy atom. The van der Waals surface area contributed by atoms with E-state index in [1.54, 1.807) is 14.2 Å². The Labute approximate surface area is 195 Å². The van der Waals surface area contributed by atoms with Crippen molar-refractivity contribution < 1.29 is 14.3 Å². The molecule has 0 atom stereocenters. The first kappa shape index (κ1) is 22.7. The summed E-state index contributed by atoms with van der Waals surface area (Å²) in [5, 5.41) is 2.88. The van der Waals surface area contributed by atoms with Gasteiger partial charge in [0.2, 0.25) is 5.91 Å². The summed E-state index contributed by atoms with van der Waals surface area (Å²) in [6.45, 7) is 4.33. The molecule has 0 unspecified atom stereocenters. The van der Waals surface area contributed by atoms with Gasteiger partial charge in [-0.25, -0.2) is 0 Å². The molecule has 1 saturated heterocycles. The number of carbonyl (C=O) groups is 1. The van der Waals surface area contributed by atoms with Crippen LogP contribution < -0.4 is 19.7 Å². The summed E-state index contributed by atoms with van der Waals surface area (Å²) in [4.78, 5) is 16.2. The number of hydrogen-bond donors (Lipinski definition) is 1. The highest BCUT2D eigenvalue weighted by Crippen LogP contribution is 2.24. The molecule has 33 heavy (non-hydrogen) atoms. The molecule has 6 nitrogen and oxygen atoms in total. The van der Waals surface area contributed by atoms with Crippen LogP contribution >= 0.6 is 0 Å². The van der Waals surface area contributed by atoms with Crippen molar-refractivity contribution in [3.63, 3.8) is 0 Å². The van der Waals surface area contributed by atoms with Crippen LogP contribution in [0.25, 0.3) is 0 Å². The van der Waals surface area contributed by atoms with E-state index in [9.17, 15) is 4.79 Å². The second-order valence-electron chi connectivity index (χ2n) is 8.29. The maximum Gasteiger partial charge on any atom is 0.234 e. The smallest absolute Gasteiger partial charge is 0.234 e. The molecule has 0 saturated carbocycles. The van der Waals surface area contributed by atoms with Gasteiger partial charge in [0.15, 0.2) is 0 Å². The van der Waals surface area contributed by atoms with Crippen molar-refractivity contribution >= 4 is 11.6 Å². The molecule has 6 heteroatoms. The number of ether oxygens (including phenoxy) is 2. The average molecular weight is 446 g/mol. The summed E-state index contributed by atoms with van der Waals surface area (Å²) in [6, 6.07) is 25.0. The number of methoxy groups -OCH3 is 2. The molecule has 4 rings (SSSR count). The largest absolute Gasteiger partial charge is 0.497 e. The molecule has 3 aromatic carbocycles. The molecule has 1 aliphatic rings. The van der Waals surface area contributed by atoms with Crippen LogP contribution in [0.15, 0.2) is 72.8 Å². The van der Waals surface area contributed by atoms with Crippen molar-refractivity contribution in [2.24, 2.45) is 0 Å². The minimum absolute atomic E-state index is 0.0978. The standard InChI is InChI=1S/C27H31N3O3/c1-32-25-7-3-5-22(15-25)18-30(19-23-6-4-8-26(16-23)33-2)24-11-9-21(10-12-24)17-29-14-13-28-27(31)20-29/h3-12,15-16H,13-14,17-20H2,1-2H3,(H,28,31). The molecule has 1 aliphatic heterocycles. The molecule has 1 heterocycles. The molecule has 0 radical (unpaired) electrons. The van der Waals surface area contributed by atoms with E-state index in [-0.39, 0.29) is 5.91 Å². The first-order valence-corrected chi connectivity index (χ1v) is 11.2. The predicted octanol–water partition coefficient (Wildman–Crippen LogP) is 3.84. The highest BCUT2D eigenvalue weighted by atomic mass is 16.5. The third-order valence-corrected chi connectivity index (χ3v) is 5.84. The lowest BCUT2D eigenvalue weighted by Crippen LogP contribution is -2.47. The summed E-state index contributed by atoms with van der Waals surface area (Å²) < 4.78 is 10.8. The van der Waals surface area contributed by atoms with E-state index in [1.165, 1.54) is 16.7 Å². The quantitative estimate of drug-likeness (QED) is 0.542. The lowest BCUT2D eigenvalue weighted by molar-refractivity contribution is -0.124. The Morgan fingerprint density at radius 1 is 0.848 bits per heavy atom. The van der Waals surface area contributed by atoms with E-state index in [0.717, 1.165) is 43.4 Å². The lowest BCUT2D eigenvalue weighted by atomic mass is 10.1. The Morgan fingerprint density at radius 3 is 2.00 bits per heavy atom. The summed E-state index contributed by atoms with van der Waals surface area (Å²) in [6.07, 6.45) is 0. The fraction of sp³-hybridized carbons (Fsp3) is 0.296. The van der Waals surface area contributed by atoms with E-state index in [2.05, 4.69) is 63.6 Å². The van der Waals surface area contributed by atoms with Crippen LogP contribution in [0.4, 0.5) is 5.69 Å². The minimum atomic E-state index is 0.0978. The van der Waals surface area contributed by atoms with Crippen molar-refractivity contribution in [2.75, 3.05) is 38.8 Å². The zero-order valence-electron chi connectivity index (χ0n) is 19.3. The van der Waals surface area contributed by atoms with Gasteiger partial charge in [-0.2, -0.15) is 0 Å². The van der Waals surface area contributed by atoms with Crippen molar-refractivity contribution in [2.45, 2.75) is 19.6 Å². The summed E-state index contributed by atoms with van der Waals surface area (Å²) in [5.74, 6) is 1.81. The summed E-state index contributed by atoms with van der Waals surface area (Å²) in [7, 11) is 3.38. The van der Waals surface area contributed by atoms with Gasteiger partial charge in [-0.05, 0) is 53.1 Å². The van der Waals surface area contributed by atoms with Gasteiger partial charge in [0.05, 0.1) is 20.8 Å². The molecular formula is C27H31N3O3. The zero-order chi connectivity index (χ0) is 23.0. The SMILES string of the molecule is COc1cccc(CN(Cc2cccc(OC)c2)c2ccc(CN3CCNC(=O)C3)cc2)c1. The van der Waals surface area contributed by atoms with Crippen LogP contribution in [0, 0.1) is 0 Å². The molecule has 1 amide bonds. The number of amides is 1. The van der Waals surface area contributed by atoms with Crippen molar-refractivity contribution in [1.82, 2.24) is 10.2 Å². The second kappa shape index (κ2) is 10.9. The number of rotatable bonds is 9. The van der Waals surface area contributed by atoms with Crippen molar-refractivity contribution in [1.29, 1.82) is 0 Å². The fourth-order valence-electron chi connectivity index (χ4n) is 4.12. The molecule has 3 aromatic rings. The van der Waals surface area contributed by atoms with E-state index in [4.69, 9.17) is 9.47 Å². The van der Waals surface area contributed by atoms with E-state index in [0.29, 0.717) is 13.1 Å². The monoisotopic (exact) mass is 445 g/mol. The van der Waals surface area contributed by atoms with Gasteiger partial charge in [-0.3, -0.25) is 9.69 Å². The topological polar surface area (TPSA) is 54.0 Å². The first-order valence-electron chi connectivity index (χ1n) is 11.2. The lowest BCUT2D eigenvalue weighted by Gasteiger charge is -2.28. The van der Waals surface area contributed by atoms with Crippen LogP contribution in [-0.4, -0.2) is 44.7 Å². The van der Waals surface area contributed by atoms with E-state index in [1.807, 2.05) is 24.3 Å². The molecule has 1 N–H and O–H groups in total. The van der Waals surface area contributed by atoms with Crippen LogP contribution in [-0.2, 0) is 24.4 Å². The maximum atomic E-state index is 11.7. The van der Waals surface area contributed by atoms with Crippen LogP contribution in [0.2, 0.25) is 0 Å². The van der Waals surface area contributed by atoms with E-state index < -0.39 is 0 Å². The zero-order valence-corrected chi connectivity index (χ0v) is 19.3. The molecule has 0 aromatic heterocycles. The number of benzene rings is 3. The first-order chi connectivity index (χ1) is 16.1. The van der Waals surface area contributed by atoms with Gasteiger partial charge in [0, 0.05) is 38.4 Å².